The molecule has 0 aromatic heterocycles. The van der Waals surface area contributed by atoms with Crippen molar-refractivity contribution in [2.45, 2.75) is 50.1 Å². The van der Waals surface area contributed by atoms with Gasteiger partial charge in [0.25, 0.3) is 0 Å². The summed E-state index contributed by atoms with van der Waals surface area (Å²) in [5.74, 6) is -1.75. The Kier molecular flexibility index (Phi) is 14.2. The Morgan fingerprint density at radius 2 is 0.750 bits per heavy atom. The number of benzene rings is 5. The highest BCUT2D eigenvalue weighted by molar-refractivity contribution is 6.27. The Morgan fingerprint density at radius 1 is 0.433 bits per heavy atom. The van der Waals surface area contributed by atoms with Crippen LogP contribution < -0.4 is 9.80 Å². The second-order valence-corrected chi connectivity index (χ2v) is 15.3. The zero-order valence-corrected chi connectivity index (χ0v) is 35.5. The lowest BCUT2D eigenvalue weighted by molar-refractivity contribution is -0.152. The molecular formula is C47H42Cl4N2O7. The quantitative estimate of drug-likeness (QED) is 0.0441. The molecule has 7 rings (SSSR count). The van der Waals surface area contributed by atoms with E-state index in [1.165, 1.54) is 0 Å². The number of alkyl halides is 4. The van der Waals surface area contributed by atoms with Crippen LogP contribution in [0.3, 0.4) is 0 Å². The second-order valence-electron chi connectivity index (χ2n) is 14.3. The van der Waals surface area contributed by atoms with Gasteiger partial charge in [-0.05, 0) is 110 Å². The first kappa shape index (κ1) is 42.9. The van der Waals surface area contributed by atoms with Crippen molar-refractivity contribution in [1.29, 1.82) is 0 Å². The Labute approximate surface area is 369 Å². The van der Waals surface area contributed by atoms with E-state index in [-0.39, 0.29) is 29.6 Å². The fourth-order valence-electron chi connectivity index (χ4n) is 7.87. The van der Waals surface area contributed by atoms with Crippen LogP contribution in [0.4, 0.5) is 34.1 Å². The SMILES string of the molecule is C=C(CCl)OC1CCC(OC(=O)CCl)c2ccc(N(c3ccccc3)c3ccc(N(c4ccccc4)c4ccc5c(c4)C(OC(=O)CCl)CCC5OC(=O)CCl)cc3)cc21. The van der Waals surface area contributed by atoms with Crippen molar-refractivity contribution in [3.05, 3.63) is 156 Å². The van der Waals surface area contributed by atoms with Gasteiger partial charge < -0.3 is 28.7 Å². The van der Waals surface area contributed by atoms with Crippen LogP contribution in [0.15, 0.2) is 134 Å². The molecule has 0 spiro atoms. The molecule has 0 saturated carbocycles. The first-order chi connectivity index (χ1) is 29.2. The number of ether oxygens (including phenoxy) is 4. The van der Waals surface area contributed by atoms with Gasteiger partial charge in [0.05, 0.1) is 5.88 Å². The van der Waals surface area contributed by atoms with E-state index in [0.717, 1.165) is 56.4 Å². The number of rotatable bonds is 15. The van der Waals surface area contributed by atoms with Gasteiger partial charge in [0.1, 0.15) is 47.8 Å². The third-order valence-electron chi connectivity index (χ3n) is 10.4. The summed E-state index contributed by atoms with van der Waals surface area (Å²) in [6.45, 7) is 3.98. The number of hydrogen-bond donors (Lipinski definition) is 0. The fraction of sp³-hybridized carbons (Fsp3) is 0.255. The third kappa shape index (κ3) is 9.71. The Bertz CT molecular complexity index is 2150. The number of nitrogens with zero attached hydrogens (tertiary/aromatic N) is 2. The molecule has 0 bridgehead atoms. The first-order valence-corrected chi connectivity index (χ1v) is 21.6. The van der Waals surface area contributed by atoms with E-state index in [1.54, 1.807) is 0 Å². The summed E-state index contributed by atoms with van der Waals surface area (Å²) >= 11 is 23.6. The lowest BCUT2D eigenvalue weighted by Crippen LogP contribution is -2.24. The van der Waals surface area contributed by atoms with Crippen LogP contribution in [0, 0.1) is 0 Å². The number of esters is 3. The molecule has 310 valence electrons. The average molecular weight is 889 g/mol. The lowest BCUT2D eigenvalue weighted by atomic mass is 9.86. The molecule has 0 aliphatic heterocycles. The molecule has 4 unspecified atom stereocenters. The molecule has 5 aromatic rings. The van der Waals surface area contributed by atoms with Crippen LogP contribution in [0.25, 0.3) is 0 Å². The van der Waals surface area contributed by atoms with E-state index in [4.69, 9.17) is 65.4 Å². The van der Waals surface area contributed by atoms with Crippen LogP contribution in [0.2, 0.25) is 0 Å². The molecule has 9 nitrogen and oxygen atoms in total. The van der Waals surface area contributed by atoms with Gasteiger partial charge in [0.2, 0.25) is 0 Å². The number of allylic oxidation sites excluding steroid dienone is 1. The van der Waals surface area contributed by atoms with Crippen LogP contribution in [0.1, 0.15) is 72.4 Å². The maximum absolute atomic E-state index is 12.4. The van der Waals surface area contributed by atoms with Gasteiger partial charge >= 0.3 is 17.9 Å². The maximum atomic E-state index is 12.4. The lowest BCUT2D eigenvalue weighted by Gasteiger charge is -2.34. The Morgan fingerprint density at radius 3 is 1.10 bits per heavy atom. The molecular weight excluding hydrogens is 846 g/mol. The van der Waals surface area contributed by atoms with Gasteiger partial charge in [0, 0.05) is 45.3 Å². The summed E-state index contributed by atoms with van der Waals surface area (Å²) in [5, 5.41) is 0. The molecule has 0 N–H and O–H groups in total. The van der Waals surface area contributed by atoms with Crippen molar-refractivity contribution in [1.82, 2.24) is 0 Å². The topological polar surface area (TPSA) is 94.6 Å². The zero-order valence-electron chi connectivity index (χ0n) is 32.5. The standard InChI is InChI=1S/C47H42Cl4N2O7/c1-30(26-48)57-43-22-20-41(58-45(54)27-49)37-18-16-35(24-39(37)43)52(31-8-4-2-5-9-31)33-12-14-34(15-13-33)53(32-10-6-3-7-11-32)36-17-19-38-40(25-36)44(60-47(56)29-51)23-21-42(38)59-46(55)28-50/h2-19,24-25,41-44H,1,20-23,26-29H2. The zero-order chi connectivity index (χ0) is 42.2. The predicted octanol–water partition coefficient (Wildman–Crippen LogP) is 12.5. The minimum absolute atomic E-state index is 0.150. The van der Waals surface area contributed by atoms with Crippen LogP contribution in [-0.4, -0.2) is 41.4 Å². The molecule has 5 aromatic carbocycles. The molecule has 2 aliphatic carbocycles. The average Bonchev–Trinajstić information content (AvgIpc) is 3.29. The van der Waals surface area contributed by atoms with Crippen LogP contribution >= 0.6 is 46.4 Å². The summed E-state index contributed by atoms with van der Waals surface area (Å²) in [7, 11) is 0. The molecule has 0 saturated heterocycles. The monoisotopic (exact) mass is 886 g/mol. The van der Waals surface area contributed by atoms with Gasteiger partial charge in [-0.15, -0.1) is 46.4 Å². The number of fused-ring (bicyclic) bond motifs is 2. The van der Waals surface area contributed by atoms with Crippen molar-refractivity contribution in [3.63, 3.8) is 0 Å². The van der Waals surface area contributed by atoms with Crippen LogP contribution in [0.5, 0.6) is 0 Å². The summed E-state index contributed by atoms with van der Waals surface area (Å²) < 4.78 is 23.5. The Balaban J connectivity index is 1.29. The van der Waals surface area contributed by atoms with Crippen molar-refractivity contribution in [2.24, 2.45) is 0 Å². The molecule has 13 heteroatoms. The fourth-order valence-corrected chi connectivity index (χ4v) is 8.12. The van der Waals surface area contributed by atoms with Crippen molar-refractivity contribution in [2.75, 3.05) is 33.3 Å². The first-order valence-electron chi connectivity index (χ1n) is 19.5. The van der Waals surface area contributed by atoms with E-state index in [0.29, 0.717) is 31.4 Å². The predicted molar refractivity (Wildman–Crippen MR) is 237 cm³/mol. The van der Waals surface area contributed by atoms with E-state index >= 15 is 0 Å². The number of halogens is 4. The summed E-state index contributed by atoms with van der Waals surface area (Å²) in [6, 6.07) is 40.0. The largest absolute Gasteiger partial charge is 0.489 e. The minimum atomic E-state index is -0.589. The summed E-state index contributed by atoms with van der Waals surface area (Å²) in [6.07, 6.45) is 0.0709. The van der Waals surface area contributed by atoms with E-state index in [1.807, 2.05) is 103 Å². The molecule has 0 heterocycles. The molecule has 2 aliphatic rings. The highest BCUT2D eigenvalue weighted by Crippen LogP contribution is 2.47. The van der Waals surface area contributed by atoms with Gasteiger partial charge in [0.15, 0.2) is 0 Å². The number of para-hydroxylation sites is 2. The Hall–Kier alpha value is -5.19. The second kappa shape index (κ2) is 19.9. The number of hydrogen-bond acceptors (Lipinski definition) is 9. The van der Waals surface area contributed by atoms with Crippen molar-refractivity contribution in [3.8, 4) is 0 Å². The van der Waals surface area contributed by atoms with Gasteiger partial charge in [-0.1, -0.05) is 55.1 Å². The molecule has 0 amide bonds. The number of carbonyl (C=O) groups excluding carboxylic acids is 3. The van der Waals surface area contributed by atoms with E-state index in [9.17, 15) is 14.4 Å². The van der Waals surface area contributed by atoms with Gasteiger partial charge in [-0.25, -0.2) is 0 Å². The molecule has 0 radical (unpaired) electrons. The van der Waals surface area contributed by atoms with Gasteiger partial charge in [-0.2, -0.15) is 0 Å². The molecule has 4 atom stereocenters. The van der Waals surface area contributed by atoms with Crippen molar-refractivity contribution >= 4 is 98.4 Å². The van der Waals surface area contributed by atoms with Gasteiger partial charge in [-0.3, -0.25) is 14.4 Å². The highest BCUT2D eigenvalue weighted by atomic mass is 35.5. The summed E-state index contributed by atoms with van der Waals surface area (Å²) in [5.41, 5.74) is 8.38. The number of carbonyl (C=O) groups is 3. The van der Waals surface area contributed by atoms with Crippen LogP contribution in [-0.2, 0) is 33.3 Å². The van der Waals surface area contributed by atoms with E-state index < -0.39 is 36.2 Å². The molecule has 60 heavy (non-hydrogen) atoms. The van der Waals surface area contributed by atoms with E-state index in [2.05, 4.69) is 34.6 Å². The third-order valence-corrected chi connectivity index (χ3v) is 11.4. The number of anilines is 6. The molecule has 0 fully saturated rings. The van der Waals surface area contributed by atoms with Crippen molar-refractivity contribution < 1.29 is 33.3 Å². The summed E-state index contributed by atoms with van der Waals surface area (Å²) in [4.78, 5) is 41.3. The smallest absolute Gasteiger partial charge is 0.321 e. The maximum Gasteiger partial charge on any atom is 0.321 e. The minimum Gasteiger partial charge on any atom is -0.489 e. The highest BCUT2D eigenvalue weighted by Gasteiger charge is 2.34. The normalized spacial score (nSPS) is 17.9.